The normalized spacial score (nSPS) is 12.6. The standard InChI is InChI=1S/C14H21NO3/c1-10(9-16)15(3)8-13-7-12(11(2)17)5-6-14(13)18-4/h5-7,10,16H,8-9H2,1-4H3. The molecule has 1 unspecified atom stereocenters. The second-order valence-corrected chi connectivity index (χ2v) is 4.53. The Labute approximate surface area is 108 Å². The molecule has 0 fully saturated rings. The minimum Gasteiger partial charge on any atom is -0.496 e. The lowest BCUT2D eigenvalue weighted by Crippen LogP contribution is -2.31. The maximum absolute atomic E-state index is 11.4. The molecule has 0 amide bonds. The second kappa shape index (κ2) is 6.52. The lowest BCUT2D eigenvalue weighted by molar-refractivity contribution is 0.101. The number of rotatable bonds is 6. The Morgan fingerprint density at radius 3 is 2.67 bits per heavy atom. The van der Waals surface area contributed by atoms with Gasteiger partial charge in [0, 0.05) is 23.7 Å². The quantitative estimate of drug-likeness (QED) is 0.782. The molecule has 1 N–H and O–H groups in total. The van der Waals surface area contributed by atoms with Crippen molar-refractivity contribution in [3.05, 3.63) is 29.3 Å². The highest BCUT2D eigenvalue weighted by Crippen LogP contribution is 2.22. The molecule has 1 atom stereocenters. The predicted molar refractivity (Wildman–Crippen MR) is 71.0 cm³/mol. The molecule has 18 heavy (non-hydrogen) atoms. The smallest absolute Gasteiger partial charge is 0.159 e. The number of aliphatic hydroxyl groups excluding tert-OH is 1. The summed E-state index contributed by atoms with van der Waals surface area (Å²) in [6.45, 7) is 4.23. The zero-order valence-electron chi connectivity index (χ0n) is 11.4. The number of carbonyl (C=O) groups is 1. The topological polar surface area (TPSA) is 49.8 Å². The van der Waals surface area contributed by atoms with Crippen molar-refractivity contribution in [1.29, 1.82) is 0 Å². The summed E-state index contributed by atoms with van der Waals surface area (Å²) in [5, 5.41) is 9.13. The van der Waals surface area contributed by atoms with Crippen LogP contribution >= 0.6 is 0 Å². The first kappa shape index (κ1) is 14.7. The molecule has 0 saturated carbocycles. The molecular formula is C14H21NO3. The van der Waals surface area contributed by atoms with E-state index in [1.807, 2.05) is 31.0 Å². The van der Waals surface area contributed by atoms with E-state index < -0.39 is 0 Å². The largest absolute Gasteiger partial charge is 0.496 e. The number of aliphatic hydroxyl groups is 1. The van der Waals surface area contributed by atoms with E-state index in [1.54, 1.807) is 20.1 Å². The van der Waals surface area contributed by atoms with Crippen LogP contribution in [0.5, 0.6) is 5.75 Å². The molecule has 0 aliphatic heterocycles. The number of nitrogens with zero attached hydrogens (tertiary/aromatic N) is 1. The molecule has 0 spiro atoms. The molecule has 0 saturated heterocycles. The SMILES string of the molecule is COc1ccc(C(C)=O)cc1CN(C)C(C)CO. The van der Waals surface area contributed by atoms with Crippen LogP contribution < -0.4 is 4.74 Å². The van der Waals surface area contributed by atoms with Gasteiger partial charge in [-0.1, -0.05) is 0 Å². The minimum atomic E-state index is 0.0387. The fourth-order valence-corrected chi connectivity index (χ4v) is 1.69. The molecule has 100 valence electrons. The van der Waals surface area contributed by atoms with Gasteiger partial charge in [-0.15, -0.1) is 0 Å². The molecule has 0 radical (unpaired) electrons. The van der Waals surface area contributed by atoms with E-state index in [4.69, 9.17) is 9.84 Å². The number of hydrogen-bond donors (Lipinski definition) is 1. The lowest BCUT2D eigenvalue weighted by atomic mass is 10.1. The van der Waals surface area contributed by atoms with Gasteiger partial charge in [0.2, 0.25) is 0 Å². The molecule has 0 aliphatic carbocycles. The summed E-state index contributed by atoms with van der Waals surface area (Å²) < 4.78 is 5.29. The first-order valence-corrected chi connectivity index (χ1v) is 5.98. The van der Waals surface area contributed by atoms with E-state index in [0.29, 0.717) is 12.1 Å². The van der Waals surface area contributed by atoms with Crippen molar-refractivity contribution in [3.63, 3.8) is 0 Å². The summed E-state index contributed by atoms with van der Waals surface area (Å²) in [5.41, 5.74) is 1.63. The highest BCUT2D eigenvalue weighted by Gasteiger charge is 2.13. The summed E-state index contributed by atoms with van der Waals surface area (Å²) in [6, 6.07) is 5.49. The van der Waals surface area contributed by atoms with Crippen molar-refractivity contribution in [2.75, 3.05) is 20.8 Å². The summed E-state index contributed by atoms with van der Waals surface area (Å²) >= 11 is 0. The molecule has 0 heterocycles. The number of hydrogen-bond acceptors (Lipinski definition) is 4. The summed E-state index contributed by atoms with van der Waals surface area (Å²) in [6.07, 6.45) is 0. The van der Waals surface area contributed by atoms with E-state index in [9.17, 15) is 4.79 Å². The number of methoxy groups -OCH3 is 1. The minimum absolute atomic E-state index is 0.0387. The first-order valence-electron chi connectivity index (χ1n) is 5.98. The van der Waals surface area contributed by atoms with Gasteiger partial charge in [-0.2, -0.15) is 0 Å². The summed E-state index contributed by atoms with van der Waals surface area (Å²) in [7, 11) is 3.54. The Kier molecular flexibility index (Phi) is 5.31. The van der Waals surface area contributed by atoms with Crippen molar-refractivity contribution < 1.29 is 14.6 Å². The molecule has 4 nitrogen and oxygen atoms in total. The van der Waals surface area contributed by atoms with Crippen LogP contribution in [-0.4, -0.2) is 42.6 Å². The predicted octanol–water partition coefficient (Wildman–Crippen LogP) is 1.71. The molecule has 1 aromatic carbocycles. The third kappa shape index (κ3) is 3.55. The third-order valence-corrected chi connectivity index (χ3v) is 3.12. The van der Waals surface area contributed by atoms with Gasteiger partial charge < -0.3 is 9.84 Å². The highest BCUT2D eigenvalue weighted by molar-refractivity contribution is 5.94. The van der Waals surface area contributed by atoms with Crippen molar-refractivity contribution >= 4 is 5.78 Å². The zero-order valence-corrected chi connectivity index (χ0v) is 11.4. The fourth-order valence-electron chi connectivity index (χ4n) is 1.69. The number of Topliss-reactive ketones (excluding diaryl/α,β-unsaturated/α-hetero) is 1. The molecule has 0 bridgehead atoms. The van der Waals surface area contributed by atoms with E-state index in [-0.39, 0.29) is 18.4 Å². The van der Waals surface area contributed by atoms with Crippen LogP contribution in [0.25, 0.3) is 0 Å². The van der Waals surface area contributed by atoms with Crippen molar-refractivity contribution in [2.24, 2.45) is 0 Å². The van der Waals surface area contributed by atoms with Crippen molar-refractivity contribution in [2.45, 2.75) is 26.4 Å². The summed E-state index contributed by atoms with van der Waals surface area (Å²) in [5.74, 6) is 0.800. The Morgan fingerprint density at radius 2 is 2.17 bits per heavy atom. The molecule has 0 aliphatic rings. The van der Waals surface area contributed by atoms with Crippen molar-refractivity contribution in [1.82, 2.24) is 4.90 Å². The second-order valence-electron chi connectivity index (χ2n) is 4.53. The lowest BCUT2D eigenvalue weighted by Gasteiger charge is -2.24. The van der Waals surface area contributed by atoms with E-state index in [0.717, 1.165) is 11.3 Å². The first-order chi connectivity index (χ1) is 8.49. The maximum Gasteiger partial charge on any atom is 0.159 e. The monoisotopic (exact) mass is 251 g/mol. The van der Waals surface area contributed by atoms with Crippen LogP contribution in [0.4, 0.5) is 0 Å². The Bertz CT molecular complexity index is 418. The van der Waals surface area contributed by atoms with Gasteiger partial charge in [-0.05, 0) is 39.1 Å². The number of likely N-dealkylation sites (N-methyl/N-ethyl adjacent to an activating group) is 1. The third-order valence-electron chi connectivity index (χ3n) is 3.12. The van der Waals surface area contributed by atoms with Crippen LogP contribution in [0.1, 0.15) is 29.8 Å². The van der Waals surface area contributed by atoms with Crippen LogP contribution in [0, 0.1) is 0 Å². The van der Waals surface area contributed by atoms with Gasteiger partial charge in [-0.3, -0.25) is 9.69 Å². The van der Waals surface area contributed by atoms with Gasteiger partial charge >= 0.3 is 0 Å². The zero-order chi connectivity index (χ0) is 13.7. The van der Waals surface area contributed by atoms with Gasteiger partial charge in [-0.25, -0.2) is 0 Å². The molecule has 0 aromatic heterocycles. The molecule has 1 rings (SSSR count). The molecule has 4 heteroatoms. The molecular weight excluding hydrogens is 230 g/mol. The Hall–Kier alpha value is -1.39. The number of benzene rings is 1. The highest BCUT2D eigenvalue weighted by atomic mass is 16.5. The fraction of sp³-hybridized carbons (Fsp3) is 0.500. The maximum atomic E-state index is 11.4. The van der Waals surface area contributed by atoms with Gasteiger partial charge in [0.05, 0.1) is 13.7 Å². The Morgan fingerprint density at radius 1 is 1.50 bits per heavy atom. The number of ketones is 1. The van der Waals surface area contributed by atoms with Crippen molar-refractivity contribution in [3.8, 4) is 5.75 Å². The van der Waals surface area contributed by atoms with E-state index in [2.05, 4.69) is 0 Å². The summed E-state index contributed by atoms with van der Waals surface area (Å²) in [4.78, 5) is 13.4. The van der Waals surface area contributed by atoms with Crippen LogP contribution in [-0.2, 0) is 6.54 Å². The van der Waals surface area contributed by atoms with Gasteiger partial charge in [0.1, 0.15) is 5.75 Å². The van der Waals surface area contributed by atoms with E-state index in [1.165, 1.54) is 0 Å². The van der Waals surface area contributed by atoms with E-state index >= 15 is 0 Å². The van der Waals surface area contributed by atoms with Crippen LogP contribution in [0.15, 0.2) is 18.2 Å². The number of carbonyl (C=O) groups excluding carboxylic acids is 1. The molecule has 1 aromatic rings. The van der Waals surface area contributed by atoms with Crippen LogP contribution in [0.3, 0.4) is 0 Å². The van der Waals surface area contributed by atoms with Crippen LogP contribution in [0.2, 0.25) is 0 Å². The average molecular weight is 251 g/mol. The number of ether oxygens (including phenoxy) is 1. The Balaban J connectivity index is 2.97. The van der Waals surface area contributed by atoms with Gasteiger partial charge in [0.25, 0.3) is 0 Å². The average Bonchev–Trinajstić information content (AvgIpc) is 2.37. The van der Waals surface area contributed by atoms with Gasteiger partial charge in [0.15, 0.2) is 5.78 Å².